The van der Waals surface area contributed by atoms with Gasteiger partial charge >= 0.3 is 0 Å². The van der Waals surface area contributed by atoms with Crippen LogP contribution in [0, 0.1) is 5.82 Å². The Labute approximate surface area is 124 Å². The van der Waals surface area contributed by atoms with Gasteiger partial charge in [-0.25, -0.2) is 4.39 Å². The summed E-state index contributed by atoms with van der Waals surface area (Å²) < 4.78 is 18.9. The van der Waals surface area contributed by atoms with Crippen LogP contribution < -0.4 is 4.74 Å². The molecular formula is C17H18ClFO. The van der Waals surface area contributed by atoms with E-state index in [-0.39, 0.29) is 17.0 Å². The lowest BCUT2D eigenvalue weighted by Gasteiger charge is -2.19. The fourth-order valence-corrected chi connectivity index (χ4v) is 2.05. The molecule has 0 spiro atoms. The third-order valence-corrected chi connectivity index (χ3v) is 3.57. The Morgan fingerprint density at radius 3 is 2.30 bits per heavy atom. The van der Waals surface area contributed by atoms with Crippen LogP contribution in [0.4, 0.5) is 4.39 Å². The van der Waals surface area contributed by atoms with Gasteiger partial charge in [0, 0.05) is 5.56 Å². The zero-order valence-corrected chi connectivity index (χ0v) is 12.7. The zero-order chi connectivity index (χ0) is 14.8. The van der Waals surface area contributed by atoms with E-state index in [9.17, 15) is 4.39 Å². The topological polar surface area (TPSA) is 9.23 Å². The lowest BCUT2D eigenvalue weighted by Crippen LogP contribution is -2.10. The SMILES string of the molecule is CC(C)(C)c1ccc(OCc2cccc(F)c2Cl)cc1. The molecule has 0 unspecified atom stereocenters. The predicted octanol–water partition coefficient (Wildman–Crippen LogP) is 5.36. The molecule has 0 N–H and O–H groups in total. The number of rotatable bonds is 3. The van der Waals surface area contributed by atoms with Crippen molar-refractivity contribution in [2.24, 2.45) is 0 Å². The van der Waals surface area contributed by atoms with E-state index in [0.717, 1.165) is 5.75 Å². The highest BCUT2D eigenvalue weighted by atomic mass is 35.5. The van der Waals surface area contributed by atoms with Crippen molar-refractivity contribution < 1.29 is 9.13 Å². The quantitative estimate of drug-likeness (QED) is 0.740. The van der Waals surface area contributed by atoms with Gasteiger partial charge in [-0.1, -0.05) is 56.6 Å². The van der Waals surface area contributed by atoms with E-state index in [1.807, 2.05) is 24.3 Å². The van der Waals surface area contributed by atoms with Crippen molar-refractivity contribution in [3.8, 4) is 5.75 Å². The Bertz CT molecular complexity index is 585. The third-order valence-electron chi connectivity index (χ3n) is 3.15. The molecular weight excluding hydrogens is 275 g/mol. The standard InChI is InChI=1S/C17H18ClFO/c1-17(2,3)13-7-9-14(10-8-13)20-11-12-5-4-6-15(19)16(12)18/h4-10H,11H2,1-3H3. The molecule has 0 aliphatic rings. The van der Waals surface area contributed by atoms with Crippen molar-refractivity contribution in [3.63, 3.8) is 0 Å². The van der Waals surface area contributed by atoms with Crippen LogP contribution in [0.1, 0.15) is 31.9 Å². The van der Waals surface area contributed by atoms with E-state index in [1.54, 1.807) is 12.1 Å². The average Bonchev–Trinajstić information content (AvgIpc) is 2.40. The molecule has 2 aromatic carbocycles. The predicted molar refractivity (Wildman–Crippen MR) is 80.9 cm³/mol. The molecule has 0 saturated heterocycles. The van der Waals surface area contributed by atoms with Gasteiger partial charge < -0.3 is 4.74 Å². The Hall–Kier alpha value is -1.54. The Balaban J connectivity index is 2.06. The molecule has 0 saturated carbocycles. The molecule has 0 aliphatic heterocycles. The van der Waals surface area contributed by atoms with Crippen LogP contribution in [0.15, 0.2) is 42.5 Å². The van der Waals surface area contributed by atoms with Crippen molar-refractivity contribution in [1.82, 2.24) is 0 Å². The van der Waals surface area contributed by atoms with Crippen LogP contribution in [0.2, 0.25) is 5.02 Å². The zero-order valence-electron chi connectivity index (χ0n) is 11.9. The van der Waals surface area contributed by atoms with Crippen molar-refractivity contribution in [1.29, 1.82) is 0 Å². The molecule has 0 heterocycles. The van der Waals surface area contributed by atoms with Crippen LogP contribution in [-0.2, 0) is 12.0 Å². The van der Waals surface area contributed by atoms with Gasteiger partial charge in [0.2, 0.25) is 0 Å². The smallest absolute Gasteiger partial charge is 0.142 e. The lowest BCUT2D eigenvalue weighted by atomic mass is 9.87. The third kappa shape index (κ3) is 3.51. The van der Waals surface area contributed by atoms with Crippen LogP contribution in [0.3, 0.4) is 0 Å². The first kappa shape index (κ1) is 14.9. The minimum absolute atomic E-state index is 0.115. The van der Waals surface area contributed by atoms with E-state index in [0.29, 0.717) is 5.56 Å². The summed E-state index contributed by atoms with van der Waals surface area (Å²) in [5.41, 5.74) is 2.00. The minimum atomic E-state index is -0.421. The molecule has 0 fully saturated rings. The lowest BCUT2D eigenvalue weighted by molar-refractivity contribution is 0.305. The van der Waals surface area contributed by atoms with Gasteiger partial charge in [0.1, 0.15) is 18.2 Å². The second kappa shape index (κ2) is 5.84. The summed E-state index contributed by atoms with van der Waals surface area (Å²) in [6, 6.07) is 12.7. The summed E-state index contributed by atoms with van der Waals surface area (Å²) >= 11 is 5.89. The second-order valence-electron chi connectivity index (χ2n) is 5.78. The van der Waals surface area contributed by atoms with Crippen LogP contribution in [-0.4, -0.2) is 0 Å². The first-order valence-electron chi connectivity index (χ1n) is 6.54. The highest BCUT2D eigenvalue weighted by Gasteiger charge is 2.13. The minimum Gasteiger partial charge on any atom is -0.489 e. The van der Waals surface area contributed by atoms with Crippen molar-refractivity contribution in [2.75, 3.05) is 0 Å². The van der Waals surface area contributed by atoms with Crippen LogP contribution in [0.25, 0.3) is 0 Å². The fourth-order valence-electron chi connectivity index (χ4n) is 1.87. The normalized spacial score (nSPS) is 11.4. The Morgan fingerprint density at radius 1 is 1.05 bits per heavy atom. The molecule has 0 atom stereocenters. The molecule has 2 aromatic rings. The van der Waals surface area contributed by atoms with Crippen molar-refractivity contribution in [3.05, 3.63) is 64.4 Å². The first-order chi connectivity index (χ1) is 9.38. The summed E-state index contributed by atoms with van der Waals surface area (Å²) in [7, 11) is 0. The summed E-state index contributed by atoms with van der Waals surface area (Å²) in [6.07, 6.45) is 0. The van der Waals surface area contributed by atoms with E-state index in [4.69, 9.17) is 16.3 Å². The molecule has 0 radical (unpaired) electrons. The maximum Gasteiger partial charge on any atom is 0.142 e. The monoisotopic (exact) mass is 292 g/mol. The van der Waals surface area contributed by atoms with E-state index in [1.165, 1.54) is 11.6 Å². The van der Waals surface area contributed by atoms with E-state index >= 15 is 0 Å². The molecule has 1 nitrogen and oxygen atoms in total. The van der Waals surface area contributed by atoms with Crippen LogP contribution >= 0.6 is 11.6 Å². The van der Waals surface area contributed by atoms with Gasteiger partial charge in [0.05, 0.1) is 5.02 Å². The maximum atomic E-state index is 13.3. The Morgan fingerprint density at radius 2 is 1.70 bits per heavy atom. The molecule has 106 valence electrons. The van der Waals surface area contributed by atoms with Crippen molar-refractivity contribution in [2.45, 2.75) is 32.8 Å². The van der Waals surface area contributed by atoms with Gasteiger partial charge in [-0.2, -0.15) is 0 Å². The molecule has 3 heteroatoms. The summed E-state index contributed by atoms with van der Waals surface area (Å²) in [5.74, 6) is 0.328. The summed E-state index contributed by atoms with van der Waals surface area (Å²) in [5, 5.41) is 0.124. The van der Waals surface area contributed by atoms with Gasteiger partial charge in [0.15, 0.2) is 0 Å². The first-order valence-corrected chi connectivity index (χ1v) is 6.92. The van der Waals surface area contributed by atoms with E-state index in [2.05, 4.69) is 20.8 Å². The largest absolute Gasteiger partial charge is 0.489 e. The molecule has 2 rings (SSSR count). The highest BCUT2D eigenvalue weighted by molar-refractivity contribution is 6.31. The van der Waals surface area contributed by atoms with Crippen molar-refractivity contribution >= 4 is 11.6 Å². The van der Waals surface area contributed by atoms with Crippen LogP contribution in [0.5, 0.6) is 5.75 Å². The Kier molecular flexibility index (Phi) is 4.34. The van der Waals surface area contributed by atoms with E-state index < -0.39 is 5.82 Å². The number of hydrogen-bond acceptors (Lipinski definition) is 1. The summed E-state index contributed by atoms with van der Waals surface area (Å²) in [4.78, 5) is 0. The average molecular weight is 293 g/mol. The van der Waals surface area contributed by atoms with Gasteiger partial charge in [-0.3, -0.25) is 0 Å². The second-order valence-corrected chi connectivity index (χ2v) is 6.15. The maximum absolute atomic E-state index is 13.3. The van der Waals surface area contributed by atoms with Gasteiger partial charge in [-0.05, 0) is 29.2 Å². The molecule has 0 aliphatic carbocycles. The highest BCUT2D eigenvalue weighted by Crippen LogP contribution is 2.25. The fraction of sp³-hybridized carbons (Fsp3) is 0.294. The number of hydrogen-bond donors (Lipinski definition) is 0. The molecule has 0 aromatic heterocycles. The van der Waals surface area contributed by atoms with Gasteiger partial charge in [0.25, 0.3) is 0 Å². The summed E-state index contributed by atoms with van der Waals surface area (Å²) in [6.45, 7) is 6.74. The number of benzene rings is 2. The number of ether oxygens (including phenoxy) is 1. The van der Waals surface area contributed by atoms with Gasteiger partial charge in [-0.15, -0.1) is 0 Å². The molecule has 0 amide bonds. The molecule has 20 heavy (non-hydrogen) atoms. The molecule has 0 bridgehead atoms. The number of halogens is 2.